The smallest absolute Gasteiger partial charge is 0.344 e. The molecule has 1 aromatic carbocycles. The van der Waals surface area contributed by atoms with Crippen LogP contribution < -0.4 is 10.1 Å². The van der Waals surface area contributed by atoms with Gasteiger partial charge in [-0.05, 0) is 53.3 Å². The summed E-state index contributed by atoms with van der Waals surface area (Å²) >= 11 is 2.02. The van der Waals surface area contributed by atoms with Crippen LogP contribution in [0.4, 0.5) is 4.79 Å². The third kappa shape index (κ3) is 5.42. The van der Waals surface area contributed by atoms with E-state index >= 15 is 0 Å². The Labute approximate surface area is 168 Å². The van der Waals surface area contributed by atoms with E-state index in [4.69, 9.17) is 9.47 Å². The molecule has 3 amide bonds. The van der Waals surface area contributed by atoms with Crippen LogP contribution in [-0.2, 0) is 23.9 Å². The van der Waals surface area contributed by atoms with Crippen LogP contribution >= 0.6 is 22.6 Å². The van der Waals surface area contributed by atoms with E-state index in [1.54, 1.807) is 25.1 Å². The summed E-state index contributed by atoms with van der Waals surface area (Å²) in [7, 11) is 1.17. The zero-order valence-corrected chi connectivity index (χ0v) is 16.8. The number of hydrogen-bond acceptors (Lipinski definition) is 7. The van der Waals surface area contributed by atoms with Gasteiger partial charge in [-0.15, -0.1) is 0 Å². The number of hydrogen-bond donors (Lipinski definition) is 1. The van der Waals surface area contributed by atoms with E-state index in [0.29, 0.717) is 14.9 Å². The molecule has 0 spiro atoms. The standard InChI is InChI=1S/C17H17IN2O7/c1-3-26-15(22)9-27-13-5-4-10(6-11(13)18)7-12-16(23)20(17(24)19-12)8-14(21)25-2/h4-7H,3,8-9H2,1-2H3,(H,19,24)/b12-7+. The van der Waals surface area contributed by atoms with Crippen LogP contribution in [0, 0.1) is 3.57 Å². The van der Waals surface area contributed by atoms with E-state index in [1.165, 1.54) is 13.2 Å². The molecule has 0 aliphatic carbocycles. The minimum atomic E-state index is -0.697. The highest BCUT2D eigenvalue weighted by atomic mass is 127. The average Bonchev–Trinajstić information content (AvgIpc) is 2.88. The van der Waals surface area contributed by atoms with Crippen LogP contribution in [0.25, 0.3) is 6.08 Å². The number of benzene rings is 1. The highest BCUT2D eigenvalue weighted by Crippen LogP contribution is 2.24. The first-order chi connectivity index (χ1) is 12.8. The molecule has 1 aromatic rings. The first-order valence-electron chi connectivity index (χ1n) is 7.85. The fourth-order valence-corrected chi connectivity index (χ4v) is 2.83. The molecule has 1 fully saturated rings. The van der Waals surface area contributed by atoms with Crippen molar-refractivity contribution in [2.45, 2.75) is 6.92 Å². The second-order valence-corrected chi connectivity index (χ2v) is 6.40. The van der Waals surface area contributed by atoms with Crippen molar-refractivity contribution in [1.29, 1.82) is 0 Å². The average molecular weight is 488 g/mol. The second kappa shape index (κ2) is 9.35. The van der Waals surface area contributed by atoms with Gasteiger partial charge in [0.2, 0.25) is 0 Å². The summed E-state index contributed by atoms with van der Waals surface area (Å²) in [5, 5.41) is 2.42. The Hall–Kier alpha value is -2.63. The van der Waals surface area contributed by atoms with Crippen molar-refractivity contribution in [2.24, 2.45) is 0 Å². The summed E-state index contributed by atoms with van der Waals surface area (Å²) in [6.07, 6.45) is 1.48. The lowest BCUT2D eigenvalue weighted by molar-refractivity contribution is -0.145. The monoisotopic (exact) mass is 488 g/mol. The van der Waals surface area contributed by atoms with Gasteiger partial charge in [0.1, 0.15) is 18.0 Å². The third-order valence-corrected chi connectivity index (χ3v) is 4.24. The van der Waals surface area contributed by atoms with E-state index in [-0.39, 0.29) is 18.9 Å². The summed E-state index contributed by atoms with van der Waals surface area (Å²) in [4.78, 5) is 47.5. The maximum Gasteiger partial charge on any atom is 0.344 e. The van der Waals surface area contributed by atoms with E-state index in [9.17, 15) is 19.2 Å². The molecule has 1 aliphatic rings. The number of esters is 2. The number of carbonyl (C=O) groups is 4. The number of nitrogens with zero attached hydrogens (tertiary/aromatic N) is 1. The van der Waals surface area contributed by atoms with Crippen molar-refractivity contribution in [1.82, 2.24) is 10.2 Å². The lowest BCUT2D eigenvalue weighted by atomic mass is 10.2. The first-order valence-corrected chi connectivity index (χ1v) is 8.93. The van der Waals surface area contributed by atoms with Crippen LogP contribution in [0.15, 0.2) is 23.9 Å². The van der Waals surface area contributed by atoms with E-state index in [1.807, 2.05) is 22.6 Å². The van der Waals surface area contributed by atoms with Crippen LogP contribution in [-0.4, -0.2) is 55.6 Å². The highest BCUT2D eigenvalue weighted by Gasteiger charge is 2.35. The van der Waals surface area contributed by atoms with Crippen LogP contribution in [0.2, 0.25) is 0 Å². The highest BCUT2D eigenvalue weighted by molar-refractivity contribution is 14.1. The van der Waals surface area contributed by atoms with Gasteiger partial charge in [0.25, 0.3) is 5.91 Å². The fourth-order valence-electron chi connectivity index (χ4n) is 2.14. The molecule has 2 rings (SSSR count). The van der Waals surface area contributed by atoms with Gasteiger partial charge < -0.3 is 19.5 Å². The Morgan fingerprint density at radius 1 is 1.26 bits per heavy atom. The summed E-state index contributed by atoms with van der Waals surface area (Å²) in [6.45, 7) is 1.32. The van der Waals surface area contributed by atoms with Gasteiger partial charge in [0.05, 0.1) is 17.3 Å². The number of imide groups is 1. The second-order valence-electron chi connectivity index (χ2n) is 5.24. The van der Waals surface area contributed by atoms with Crippen molar-refractivity contribution in [3.63, 3.8) is 0 Å². The number of urea groups is 1. The number of nitrogens with one attached hydrogen (secondary N) is 1. The summed E-state index contributed by atoms with van der Waals surface area (Å²) in [5.41, 5.74) is 0.673. The maximum atomic E-state index is 12.3. The van der Waals surface area contributed by atoms with Crippen molar-refractivity contribution in [3.05, 3.63) is 33.0 Å². The molecule has 27 heavy (non-hydrogen) atoms. The molecule has 0 radical (unpaired) electrons. The molecule has 1 N–H and O–H groups in total. The Bertz CT molecular complexity index is 806. The lowest BCUT2D eigenvalue weighted by Gasteiger charge is -2.09. The first kappa shape index (κ1) is 20.7. The van der Waals surface area contributed by atoms with Gasteiger partial charge in [0.15, 0.2) is 6.61 Å². The third-order valence-electron chi connectivity index (χ3n) is 3.39. The number of methoxy groups -OCH3 is 1. The maximum absolute atomic E-state index is 12.3. The zero-order valence-electron chi connectivity index (χ0n) is 14.6. The topological polar surface area (TPSA) is 111 Å². The molecule has 0 saturated carbocycles. The number of halogens is 1. The molecule has 1 heterocycles. The van der Waals surface area contributed by atoms with E-state index < -0.39 is 30.4 Å². The Morgan fingerprint density at radius 2 is 2.00 bits per heavy atom. The van der Waals surface area contributed by atoms with Crippen molar-refractivity contribution < 1.29 is 33.4 Å². The zero-order chi connectivity index (χ0) is 20.0. The molecule has 10 heteroatoms. The lowest BCUT2D eigenvalue weighted by Crippen LogP contribution is -2.36. The van der Waals surface area contributed by atoms with Gasteiger partial charge in [-0.3, -0.25) is 9.59 Å². The molecule has 0 bridgehead atoms. The molecule has 0 atom stereocenters. The summed E-state index contributed by atoms with van der Waals surface area (Å²) in [5.74, 6) is -1.30. The van der Waals surface area contributed by atoms with E-state index in [0.717, 1.165) is 4.90 Å². The van der Waals surface area contributed by atoms with Gasteiger partial charge in [0, 0.05) is 0 Å². The molecular weight excluding hydrogens is 471 g/mol. The molecular formula is C17H17IN2O7. The largest absolute Gasteiger partial charge is 0.481 e. The van der Waals surface area contributed by atoms with Gasteiger partial charge in [-0.25, -0.2) is 14.5 Å². The van der Waals surface area contributed by atoms with Gasteiger partial charge in [-0.1, -0.05) is 6.07 Å². The minimum Gasteiger partial charge on any atom is -0.481 e. The minimum absolute atomic E-state index is 0.0416. The summed E-state index contributed by atoms with van der Waals surface area (Å²) < 4.78 is 15.3. The Morgan fingerprint density at radius 3 is 2.63 bits per heavy atom. The quantitative estimate of drug-likeness (QED) is 0.267. The van der Waals surface area contributed by atoms with Gasteiger partial charge >= 0.3 is 18.0 Å². The molecule has 144 valence electrons. The Kier molecular flexibility index (Phi) is 7.16. The fraction of sp³-hybridized carbons (Fsp3) is 0.294. The van der Waals surface area contributed by atoms with Crippen LogP contribution in [0.1, 0.15) is 12.5 Å². The SMILES string of the molecule is CCOC(=O)COc1ccc(/C=C2/NC(=O)N(CC(=O)OC)C2=O)cc1I. The van der Waals surface area contributed by atoms with Crippen molar-refractivity contribution in [2.75, 3.05) is 26.9 Å². The predicted molar refractivity (Wildman–Crippen MR) is 102 cm³/mol. The molecule has 1 saturated heterocycles. The Balaban J connectivity index is 2.09. The number of ether oxygens (including phenoxy) is 3. The van der Waals surface area contributed by atoms with Gasteiger partial charge in [-0.2, -0.15) is 0 Å². The number of rotatable bonds is 7. The normalized spacial score (nSPS) is 14.9. The molecule has 9 nitrogen and oxygen atoms in total. The molecule has 0 unspecified atom stereocenters. The predicted octanol–water partition coefficient (Wildman–Crippen LogP) is 1.30. The molecule has 0 aromatic heterocycles. The molecule has 1 aliphatic heterocycles. The van der Waals surface area contributed by atoms with Crippen LogP contribution in [0.3, 0.4) is 0 Å². The number of amides is 3. The number of carbonyl (C=O) groups excluding carboxylic acids is 4. The van der Waals surface area contributed by atoms with Crippen molar-refractivity contribution >= 4 is 52.5 Å². The summed E-state index contributed by atoms with van der Waals surface area (Å²) in [6, 6.07) is 4.33. The van der Waals surface area contributed by atoms with Crippen molar-refractivity contribution in [3.8, 4) is 5.75 Å². The van der Waals surface area contributed by atoms with E-state index in [2.05, 4.69) is 10.1 Å². The van der Waals surface area contributed by atoms with Crippen LogP contribution in [0.5, 0.6) is 5.75 Å².